The number of esters is 1. The zero-order valence-corrected chi connectivity index (χ0v) is 14.0. The average molecular weight is 341 g/mol. The molecule has 0 saturated carbocycles. The lowest BCUT2D eigenvalue weighted by molar-refractivity contribution is -0.148. The number of rotatable bonds is 6. The second-order valence-corrected chi connectivity index (χ2v) is 5.80. The fraction of sp³-hybridized carbons (Fsp3) is 0.278. The molecule has 7 heteroatoms. The molecule has 0 saturated heterocycles. The van der Waals surface area contributed by atoms with Crippen molar-refractivity contribution in [3.8, 4) is 17.2 Å². The minimum Gasteiger partial charge on any atom is -0.506 e. The molecule has 7 nitrogen and oxygen atoms in total. The van der Waals surface area contributed by atoms with Gasteiger partial charge in [-0.3, -0.25) is 4.79 Å². The van der Waals surface area contributed by atoms with Gasteiger partial charge in [0.15, 0.2) is 0 Å². The standard InChI is InChI=1S/C18H19N3O4/c1-12(2)18(23)25-10-9-24-13-7-8-17(22)16(11-13)21-19-14-5-3-4-6-15(14)20-21/h3-8,11-12,22H,9-10H2,1-2H3. The summed E-state index contributed by atoms with van der Waals surface area (Å²) in [6, 6.07) is 12.2. The van der Waals surface area contributed by atoms with Gasteiger partial charge in [0.25, 0.3) is 0 Å². The molecule has 130 valence electrons. The highest BCUT2D eigenvalue weighted by molar-refractivity contribution is 5.73. The number of phenols is 1. The molecule has 3 rings (SSSR count). The number of benzene rings is 2. The summed E-state index contributed by atoms with van der Waals surface area (Å²) in [5.74, 6) is 0.136. The van der Waals surface area contributed by atoms with Crippen LogP contribution in [0.5, 0.6) is 11.5 Å². The smallest absolute Gasteiger partial charge is 0.308 e. The number of nitrogens with zero attached hydrogens (tertiary/aromatic N) is 3. The predicted molar refractivity (Wildman–Crippen MR) is 91.8 cm³/mol. The summed E-state index contributed by atoms with van der Waals surface area (Å²) in [5.41, 5.74) is 1.87. The maximum absolute atomic E-state index is 11.4. The normalized spacial score (nSPS) is 11.0. The molecule has 0 radical (unpaired) electrons. The van der Waals surface area contributed by atoms with Crippen LogP contribution in [0.2, 0.25) is 0 Å². The van der Waals surface area contributed by atoms with Crippen molar-refractivity contribution in [2.45, 2.75) is 13.8 Å². The Balaban J connectivity index is 1.71. The van der Waals surface area contributed by atoms with Gasteiger partial charge in [-0.2, -0.15) is 0 Å². The lowest BCUT2D eigenvalue weighted by Gasteiger charge is -2.10. The Hall–Kier alpha value is -3.09. The predicted octanol–water partition coefficient (Wildman–Crippen LogP) is 2.70. The minimum absolute atomic E-state index is 0.0406. The molecule has 0 spiro atoms. The number of fused-ring (bicyclic) bond motifs is 1. The summed E-state index contributed by atoms with van der Waals surface area (Å²) in [7, 11) is 0. The molecular weight excluding hydrogens is 322 g/mol. The van der Waals surface area contributed by atoms with E-state index in [-0.39, 0.29) is 30.9 Å². The first-order valence-corrected chi connectivity index (χ1v) is 7.99. The molecule has 0 unspecified atom stereocenters. The van der Waals surface area contributed by atoms with Crippen molar-refractivity contribution < 1.29 is 19.4 Å². The van der Waals surface area contributed by atoms with Gasteiger partial charge in [-0.1, -0.05) is 26.0 Å². The third-order valence-electron chi connectivity index (χ3n) is 3.52. The van der Waals surface area contributed by atoms with Gasteiger partial charge >= 0.3 is 5.97 Å². The van der Waals surface area contributed by atoms with Gasteiger partial charge in [0.05, 0.1) is 5.92 Å². The second kappa shape index (κ2) is 7.21. The number of hydrogen-bond donors (Lipinski definition) is 1. The lowest BCUT2D eigenvalue weighted by Crippen LogP contribution is -2.16. The van der Waals surface area contributed by atoms with Crippen molar-refractivity contribution in [3.05, 3.63) is 42.5 Å². The first-order chi connectivity index (χ1) is 12.0. The van der Waals surface area contributed by atoms with Crippen LogP contribution in [0.3, 0.4) is 0 Å². The highest BCUT2D eigenvalue weighted by atomic mass is 16.6. The molecule has 1 aromatic heterocycles. The first kappa shape index (κ1) is 16.8. The molecule has 1 heterocycles. The number of carbonyl (C=O) groups excluding carboxylic acids is 1. The van der Waals surface area contributed by atoms with E-state index in [2.05, 4.69) is 10.2 Å². The van der Waals surface area contributed by atoms with E-state index in [1.54, 1.807) is 26.0 Å². The van der Waals surface area contributed by atoms with Crippen LogP contribution in [0.25, 0.3) is 16.7 Å². The molecule has 0 atom stereocenters. The average Bonchev–Trinajstić information content (AvgIpc) is 3.03. The molecule has 2 aromatic carbocycles. The topological polar surface area (TPSA) is 86.5 Å². The summed E-state index contributed by atoms with van der Waals surface area (Å²) in [6.07, 6.45) is 0. The van der Waals surface area contributed by atoms with Gasteiger partial charge in [0.2, 0.25) is 0 Å². The Morgan fingerprint density at radius 3 is 2.44 bits per heavy atom. The Kier molecular flexibility index (Phi) is 4.83. The van der Waals surface area contributed by atoms with Gasteiger partial charge in [-0.05, 0) is 24.3 Å². The van der Waals surface area contributed by atoms with Crippen molar-refractivity contribution in [2.75, 3.05) is 13.2 Å². The molecule has 0 aliphatic carbocycles. The lowest BCUT2D eigenvalue weighted by atomic mass is 10.2. The van der Waals surface area contributed by atoms with E-state index in [0.29, 0.717) is 11.4 Å². The summed E-state index contributed by atoms with van der Waals surface area (Å²) in [5, 5.41) is 18.8. The Morgan fingerprint density at radius 2 is 1.80 bits per heavy atom. The van der Waals surface area contributed by atoms with Crippen molar-refractivity contribution in [1.82, 2.24) is 15.0 Å². The van der Waals surface area contributed by atoms with Crippen LogP contribution >= 0.6 is 0 Å². The first-order valence-electron chi connectivity index (χ1n) is 7.99. The Labute approximate surface area is 144 Å². The van der Waals surface area contributed by atoms with Crippen LogP contribution in [0, 0.1) is 5.92 Å². The summed E-state index contributed by atoms with van der Waals surface area (Å²) in [4.78, 5) is 12.8. The van der Waals surface area contributed by atoms with Gasteiger partial charge in [0, 0.05) is 6.07 Å². The van der Waals surface area contributed by atoms with E-state index in [4.69, 9.17) is 9.47 Å². The number of ether oxygens (including phenoxy) is 2. The fourth-order valence-corrected chi connectivity index (χ4v) is 2.19. The Bertz CT molecular complexity index is 856. The van der Waals surface area contributed by atoms with Crippen molar-refractivity contribution >= 4 is 17.0 Å². The molecule has 3 aromatic rings. The molecule has 0 aliphatic heterocycles. The summed E-state index contributed by atoms with van der Waals surface area (Å²) >= 11 is 0. The SMILES string of the molecule is CC(C)C(=O)OCCOc1ccc(O)c(-n2nc3ccccc3n2)c1. The molecule has 0 amide bonds. The maximum atomic E-state index is 11.4. The molecule has 25 heavy (non-hydrogen) atoms. The monoisotopic (exact) mass is 341 g/mol. The van der Waals surface area contributed by atoms with Gasteiger partial charge < -0.3 is 14.6 Å². The van der Waals surface area contributed by atoms with E-state index < -0.39 is 0 Å². The number of aromatic nitrogens is 3. The number of phenolic OH excluding ortho intramolecular Hbond substituents is 1. The minimum atomic E-state index is -0.262. The molecule has 0 aliphatic rings. The highest BCUT2D eigenvalue weighted by Gasteiger charge is 2.11. The van der Waals surface area contributed by atoms with E-state index in [0.717, 1.165) is 11.0 Å². The zero-order valence-electron chi connectivity index (χ0n) is 14.0. The van der Waals surface area contributed by atoms with Crippen LogP contribution in [-0.4, -0.2) is 39.3 Å². The van der Waals surface area contributed by atoms with Crippen molar-refractivity contribution in [1.29, 1.82) is 0 Å². The molecule has 0 bridgehead atoms. The van der Waals surface area contributed by atoms with Gasteiger partial charge in [-0.15, -0.1) is 15.0 Å². The third kappa shape index (κ3) is 3.88. The maximum Gasteiger partial charge on any atom is 0.308 e. The third-order valence-corrected chi connectivity index (χ3v) is 3.52. The highest BCUT2D eigenvalue weighted by Crippen LogP contribution is 2.26. The second-order valence-electron chi connectivity index (χ2n) is 5.80. The van der Waals surface area contributed by atoms with E-state index >= 15 is 0 Å². The number of aromatic hydroxyl groups is 1. The molecule has 0 fully saturated rings. The zero-order chi connectivity index (χ0) is 17.8. The van der Waals surface area contributed by atoms with Crippen LogP contribution in [0.15, 0.2) is 42.5 Å². The van der Waals surface area contributed by atoms with E-state index in [1.165, 1.54) is 10.9 Å². The van der Waals surface area contributed by atoms with Crippen LogP contribution in [0.1, 0.15) is 13.8 Å². The molecular formula is C18H19N3O4. The number of carbonyl (C=O) groups is 1. The van der Waals surface area contributed by atoms with Gasteiger partial charge in [-0.25, -0.2) is 0 Å². The van der Waals surface area contributed by atoms with E-state index in [1.807, 2.05) is 24.3 Å². The fourth-order valence-electron chi connectivity index (χ4n) is 2.19. The largest absolute Gasteiger partial charge is 0.506 e. The van der Waals surface area contributed by atoms with E-state index in [9.17, 15) is 9.90 Å². The van der Waals surface area contributed by atoms with Crippen LogP contribution in [-0.2, 0) is 9.53 Å². The Morgan fingerprint density at radius 1 is 1.12 bits per heavy atom. The van der Waals surface area contributed by atoms with Crippen molar-refractivity contribution in [3.63, 3.8) is 0 Å². The van der Waals surface area contributed by atoms with Crippen molar-refractivity contribution in [2.24, 2.45) is 5.92 Å². The quantitative estimate of drug-likeness (QED) is 0.548. The van der Waals surface area contributed by atoms with Gasteiger partial charge in [0.1, 0.15) is 41.4 Å². The molecule has 1 N–H and O–H groups in total. The summed E-state index contributed by atoms with van der Waals surface area (Å²) in [6.45, 7) is 3.93. The number of hydrogen-bond acceptors (Lipinski definition) is 6. The van der Waals surface area contributed by atoms with Crippen LogP contribution < -0.4 is 4.74 Å². The summed E-state index contributed by atoms with van der Waals surface area (Å²) < 4.78 is 10.6. The van der Waals surface area contributed by atoms with Crippen LogP contribution in [0.4, 0.5) is 0 Å².